The second-order valence-electron chi connectivity index (χ2n) is 9.13. The standard InChI is InChI=1S/C21H30N6O2S/c1-12-13(2)23-24-19-15(12)16-17(30-19)18(25-26(16)6)22-11-14-7-9-27(10-8-14)20(28)29-21(3,4)5/h14H,7-11H2,1-6H3,(H,22,25). The second-order valence-corrected chi connectivity index (χ2v) is 10.1. The van der Waals surface area contributed by atoms with Crippen LogP contribution >= 0.6 is 11.3 Å². The summed E-state index contributed by atoms with van der Waals surface area (Å²) in [5.74, 6) is 1.40. The van der Waals surface area contributed by atoms with E-state index in [2.05, 4.69) is 22.4 Å². The molecule has 1 aliphatic heterocycles. The molecule has 1 N–H and O–H groups in total. The molecule has 3 aromatic heterocycles. The van der Waals surface area contributed by atoms with Gasteiger partial charge in [-0.2, -0.15) is 10.2 Å². The summed E-state index contributed by atoms with van der Waals surface area (Å²) >= 11 is 1.64. The van der Waals surface area contributed by atoms with Gasteiger partial charge in [-0.3, -0.25) is 4.68 Å². The van der Waals surface area contributed by atoms with Crippen LogP contribution in [0.1, 0.15) is 44.9 Å². The number of carbonyl (C=O) groups excluding carboxylic acids is 1. The molecule has 1 aliphatic rings. The van der Waals surface area contributed by atoms with Gasteiger partial charge >= 0.3 is 6.09 Å². The third-order valence-corrected chi connectivity index (χ3v) is 6.76. The molecule has 9 heteroatoms. The zero-order valence-electron chi connectivity index (χ0n) is 18.6. The SMILES string of the molecule is Cc1nnc2sc3c(NCC4CCN(C(=O)OC(C)(C)C)CC4)nn(C)c3c2c1C. The maximum absolute atomic E-state index is 12.3. The van der Waals surface area contributed by atoms with Crippen LogP contribution in [0.15, 0.2) is 0 Å². The Hall–Kier alpha value is -2.42. The molecule has 4 rings (SSSR count). The normalized spacial score (nSPS) is 15.9. The molecule has 0 unspecified atom stereocenters. The maximum Gasteiger partial charge on any atom is 0.410 e. The molecule has 0 spiro atoms. The monoisotopic (exact) mass is 430 g/mol. The van der Waals surface area contributed by atoms with Gasteiger partial charge in [-0.05, 0) is 58.9 Å². The maximum atomic E-state index is 12.3. The Bertz CT molecular complexity index is 1090. The summed E-state index contributed by atoms with van der Waals surface area (Å²) < 4.78 is 8.56. The molecule has 3 aromatic rings. The number of amides is 1. The van der Waals surface area contributed by atoms with Crippen LogP contribution < -0.4 is 5.32 Å². The van der Waals surface area contributed by atoms with E-state index in [1.807, 2.05) is 44.3 Å². The van der Waals surface area contributed by atoms with Crippen molar-refractivity contribution in [3.05, 3.63) is 11.3 Å². The van der Waals surface area contributed by atoms with E-state index in [1.165, 1.54) is 0 Å². The molecule has 0 bridgehead atoms. The van der Waals surface area contributed by atoms with Gasteiger partial charge in [-0.1, -0.05) is 0 Å². The van der Waals surface area contributed by atoms with Crippen LogP contribution in [-0.2, 0) is 11.8 Å². The van der Waals surface area contributed by atoms with Crippen molar-refractivity contribution in [2.24, 2.45) is 13.0 Å². The Morgan fingerprint density at radius 1 is 1.23 bits per heavy atom. The van der Waals surface area contributed by atoms with Crippen LogP contribution in [0.2, 0.25) is 0 Å². The minimum absolute atomic E-state index is 0.211. The Kier molecular flexibility index (Phi) is 5.34. The van der Waals surface area contributed by atoms with Crippen LogP contribution in [-0.4, -0.2) is 56.2 Å². The number of rotatable bonds is 3. The van der Waals surface area contributed by atoms with Crippen LogP contribution in [0.5, 0.6) is 0 Å². The average Bonchev–Trinajstić information content (AvgIpc) is 3.20. The van der Waals surface area contributed by atoms with E-state index in [4.69, 9.17) is 9.84 Å². The first-order chi connectivity index (χ1) is 14.1. The summed E-state index contributed by atoms with van der Waals surface area (Å²) in [6, 6.07) is 0. The summed E-state index contributed by atoms with van der Waals surface area (Å²) in [7, 11) is 1.98. The lowest BCUT2D eigenvalue weighted by Gasteiger charge is -2.33. The van der Waals surface area contributed by atoms with Gasteiger partial charge in [-0.15, -0.1) is 16.4 Å². The fourth-order valence-corrected chi connectivity index (χ4v) is 5.08. The van der Waals surface area contributed by atoms with Gasteiger partial charge in [0.2, 0.25) is 0 Å². The Labute approximate surface area is 180 Å². The highest BCUT2D eigenvalue weighted by Gasteiger charge is 2.27. The number of likely N-dealkylation sites (tertiary alicyclic amines) is 1. The first-order valence-electron chi connectivity index (χ1n) is 10.4. The number of aryl methyl sites for hydroxylation is 3. The zero-order chi connectivity index (χ0) is 21.6. The van der Waals surface area contributed by atoms with Crippen molar-refractivity contribution in [3.63, 3.8) is 0 Å². The molecule has 0 aliphatic carbocycles. The molecule has 1 amide bonds. The molecule has 30 heavy (non-hydrogen) atoms. The van der Waals surface area contributed by atoms with E-state index in [-0.39, 0.29) is 6.09 Å². The molecule has 0 saturated carbocycles. The van der Waals surface area contributed by atoms with Crippen LogP contribution in [0, 0.1) is 19.8 Å². The minimum Gasteiger partial charge on any atom is -0.444 e. The molecule has 0 atom stereocenters. The van der Waals surface area contributed by atoms with Crippen LogP contribution in [0.4, 0.5) is 10.6 Å². The molecule has 4 heterocycles. The Morgan fingerprint density at radius 2 is 1.93 bits per heavy atom. The molecule has 0 aromatic carbocycles. The number of carbonyl (C=O) groups is 1. The number of piperidine rings is 1. The molecule has 1 fully saturated rings. The number of aromatic nitrogens is 4. The quantitative estimate of drug-likeness (QED) is 0.668. The van der Waals surface area contributed by atoms with Gasteiger partial charge in [0, 0.05) is 32.1 Å². The lowest BCUT2D eigenvalue weighted by atomic mass is 9.97. The molecule has 0 radical (unpaired) electrons. The van der Waals surface area contributed by atoms with E-state index >= 15 is 0 Å². The molecule has 162 valence electrons. The summed E-state index contributed by atoms with van der Waals surface area (Å²) in [4.78, 5) is 15.0. The summed E-state index contributed by atoms with van der Waals surface area (Å²) in [6.07, 6.45) is 1.70. The summed E-state index contributed by atoms with van der Waals surface area (Å²) in [5.41, 5.74) is 2.78. The Balaban J connectivity index is 1.43. The lowest BCUT2D eigenvalue weighted by Crippen LogP contribution is -2.42. The van der Waals surface area contributed by atoms with Gasteiger partial charge < -0.3 is 15.0 Å². The van der Waals surface area contributed by atoms with Gasteiger partial charge in [0.15, 0.2) is 5.82 Å². The van der Waals surface area contributed by atoms with E-state index in [0.29, 0.717) is 5.92 Å². The number of fused-ring (bicyclic) bond motifs is 3. The molecular weight excluding hydrogens is 400 g/mol. The highest BCUT2D eigenvalue weighted by Crippen LogP contribution is 2.38. The van der Waals surface area contributed by atoms with E-state index in [0.717, 1.165) is 70.0 Å². The van der Waals surface area contributed by atoms with E-state index in [1.54, 1.807) is 11.3 Å². The minimum atomic E-state index is -0.453. The predicted octanol–water partition coefficient (Wildman–Crippen LogP) is 4.25. The predicted molar refractivity (Wildman–Crippen MR) is 120 cm³/mol. The largest absolute Gasteiger partial charge is 0.444 e. The number of nitrogens with zero attached hydrogens (tertiary/aromatic N) is 5. The highest BCUT2D eigenvalue weighted by atomic mass is 32.1. The number of anilines is 1. The Morgan fingerprint density at radius 3 is 2.60 bits per heavy atom. The van der Waals surface area contributed by atoms with E-state index < -0.39 is 5.60 Å². The van der Waals surface area contributed by atoms with Crippen LogP contribution in [0.3, 0.4) is 0 Å². The highest BCUT2D eigenvalue weighted by molar-refractivity contribution is 7.26. The van der Waals surface area contributed by atoms with Crippen molar-refractivity contribution in [2.45, 2.75) is 53.1 Å². The van der Waals surface area contributed by atoms with Crippen molar-refractivity contribution < 1.29 is 9.53 Å². The zero-order valence-corrected chi connectivity index (χ0v) is 19.4. The number of hydrogen-bond acceptors (Lipinski definition) is 7. The molecule has 8 nitrogen and oxygen atoms in total. The fraction of sp³-hybridized carbons (Fsp3) is 0.619. The van der Waals surface area contributed by atoms with Gasteiger partial charge in [0.25, 0.3) is 0 Å². The average molecular weight is 431 g/mol. The van der Waals surface area contributed by atoms with Crippen molar-refractivity contribution in [1.82, 2.24) is 24.9 Å². The number of thiophene rings is 1. The third kappa shape index (κ3) is 3.95. The number of ether oxygens (including phenoxy) is 1. The topological polar surface area (TPSA) is 85.2 Å². The summed E-state index contributed by atoms with van der Waals surface area (Å²) in [6.45, 7) is 12.1. The number of hydrogen-bond donors (Lipinski definition) is 1. The summed E-state index contributed by atoms with van der Waals surface area (Å²) in [5, 5.41) is 18.1. The second kappa shape index (κ2) is 7.68. The van der Waals surface area contributed by atoms with Gasteiger partial charge in [0.05, 0.1) is 15.9 Å². The first kappa shape index (κ1) is 20.8. The van der Waals surface area contributed by atoms with Crippen LogP contribution in [0.25, 0.3) is 20.4 Å². The van der Waals surface area contributed by atoms with Crippen molar-refractivity contribution in [1.29, 1.82) is 0 Å². The molecule has 1 saturated heterocycles. The fourth-order valence-electron chi connectivity index (χ4n) is 3.91. The lowest BCUT2D eigenvalue weighted by molar-refractivity contribution is 0.0188. The van der Waals surface area contributed by atoms with Crippen molar-refractivity contribution in [3.8, 4) is 0 Å². The molecular formula is C21H30N6O2S. The smallest absolute Gasteiger partial charge is 0.410 e. The third-order valence-electron chi connectivity index (χ3n) is 5.69. The number of nitrogens with one attached hydrogen (secondary N) is 1. The van der Waals surface area contributed by atoms with Crippen molar-refractivity contribution in [2.75, 3.05) is 25.0 Å². The van der Waals surface area contributed by atoms with E-state index in [9.17, 15) is 4.79 Å². The van der Waals surface area contributed by atoms with Crippen molar-refractivity contribution >= 4 is 43.7 Å². The van der Waals surface area contributed by atoms with Gasteiger partial charge in [0.1, 0.15) is 10.4 Å². The first-order valence-corrected chi connectivity index (χ1v) is 11.3. The van der Waals surface area contributed by atoms with Gasteiger partial charge in [-0.25, -0.2) is 4.79 Å².